The highest BCUT2D eigenvalue weighted by atomic mass is 14.9. The van der Waals surface area contributed by atoms with Crippen molar-refractivity contribution >= 4 is 0 Å². The summed E-state index contributed by atoms with van der Waals surface area (Å²) < 4.78 is 0. The molecule has 1 aliphatic rings. The summed E-state index contributed by atoms with van der Waals surface area (Å²) in [6.07, 6.45) is 5.40. The van der Waals surface area contributed by atoms with E-state index in [9.17, 15) is 0 Å². The number of hydrogen-bond donors (Lipinski definition) is 1. The van der Waals surface area contributed by atoms with Crippen molar-refractivity contribution in [2.75, 3.05) is 6.54 Å². The summed E-state index contributed by atoms with van der Waals surface area (Å²) in [6, 6.07) is 7.76. The van der Waals surface area contributed by atoms with Crippen molar-refractivity contribution in [2.45, 2.75) is 78.2 Å². The highest BCUT2D eigenvalue weighted by molar-refractivity contribution is 5.37. The molecule has 1 aromatic rings. The van der Waals surface area contributed by atoms with Crippen molar-refractivity contribution in [3.63, 3.8) is 0 Å². The van der Waals surface area contributed by atoms with Crippen molar-refractivity contribution in [1.82, 2.24) is 5.32 Å². The van der Waals surface area contributed by atoms with Crippen LogP contribution in [-0.4, -0.2) is 6.54 Å². The van der Waals surface area contributed by atoms with E-state index in [1.165, 1.54) is 31.2 Å². The molecule has 1 fully saturated rings. The Kier molecular flexibility index (Phi) is 5.87. The van der Waals surface area contributed by atoms with Gasteiger partial charge in [0.15, 0.2) is 0 Å². The average molecular weight is 287 g/mol. The van der Waals surface area contributed by atoms with E-state index in [-0.39, 0.29) is 0 Å². The summed E-state index contributed by atoms with van der Waals surface area (Å²) in [6.45, 7) is 12.6. The molecule has 1 saturated carbocycles. The molecule has 0 aromatic heterocycles. The maximum absolute atomic E-state index is 3.80. The van der Waals surface area contributed by atoms with Crippen LogP contribution in [0.4, 0.5) is 0 Å². The zero-order chi connectivity index (χ0) is 15.4. The monoisotopic (exact) mass is 287 g/mol. The van der Waals surface area contributed by atoms with E-state index in [1.807, 2.05) is 0 Å². The molecule has 1 heteroatoms. The van der Waals surface area contributed by atoms with Crippen LogP contribution in [-0.2, 0) is 0 Å². The Morgan fingerprint density at radius 1 is 1.05 bits per heavy atom. The van der Waals surface area contributed by atoms with Gasteiger partial charge >= 0.3 is 0 Å². The first kappa shape index (κ1) is 16.5. The molecule has 0 heterocycles. The molecule has 0 saturated heterocycles. The van der Waals surface area contributed by atoms with Crippen molar-refractivity contribution in [3.8, 4) is 0 Å². The molecule has 0 bridgehead atoms. The highest BCUT2D eigenvalue weighted by Gasteiger charge is 2.27. The van der Waals surface area contributed by atoms with E-state index in [2.05, 4.69) is 58.1 Å². The number of benzene rings is 1. The van der Waals surface area contributed by atoms with Gasteiger partial charge in [-0.2, -0.15) is 0 Å². The Bertz CT molecular complexity index is 443. The van der Waals surface area contributed by atoms with E-state index >= 15 is 0 Å². The molecule has 1 aromatic carbocycles. The van der Waals surface area contributed by atoms with Crippen LogP contribution in [0, 0.1) is 5.92 Å². The van der Waals surface area contributed by atoms with Gasteiger partial charge in [-0.15, -0.1) is 0 Å². The van der Waals surface area contributed by atoms with Gasteiger partial charge in [-0.05, 0) is 53.8 Å². The van der Waals surface area contributed by atoms with Crippen LogP contribution in [0.5, 0.6) is 0 Å². The minimum atomic E-state index is 0.552. The molecule has 21 heavy (non-hydrogen) atoms. The van der Waals surface area contributed by atoms with Crippen LogP contribution < -0.4 is 5.32 Å². The van der Waals surface area contributed by atoms with Gasteiger partial charge in [0.25, 0.3) is 0 Å². The van der Waals surface area contributed by atoms with Crippen LogP contribution in [0.3, 0.4) is 0 Å². The Morgan fingerprint density at radius 2 is 1.76 bits per heavy atom. The number of hydrogen-bond acceptors (Lipinski definition) is 1. The van der Waals surface area contributed by atoms with Crippen molar-refractivity contribution < 1.29 is 0 Å². The number of rotatable bonds is 8. The Labute approximate surface area is 131 Å². The lowest BCUT2D eigenvalue weighted by atomic mass is 9.87. The Morgan fingerprint density at radius 3 is 2.29 bits per heavy atom. The summed E-state index contributed by atoms with van der Waals surface area (Å²) in [7, 11) is 0. The van der Waals surface area contributed by atoms with E-state index in [4.69, 9.17) is 0 Å². The zero-order valence-electron chi connectivity index (χ0n) is 14.6. The molecule has 0 spiro atoms. The lowest BCUT2D eigenvalue weighted by Crippen LogP contribution is -2.24. The first-order valence-electron chi connectivity index (χ1n) is 8.90. The SMILES string of the molecule is CCCNC(CC1CC1)c1ccc(C(C)C)cc1C(C)C. The molecule has 1 unspecified atom stereocenters. The molecule has 1 aliphatic carbocycles. The summed E-state index contributed by atoms with van der Waals surface area (Å²) in [5.41, 5.74) is 4.58. The minimum absolute atomic E-state index is 0.552. The fraction of sp³-hybridized carbons (Fsp3) is 0.700. The van der Waals surface area contributed by atoms with E-state index in [1.54, 1.807) is 11.1 Å². The predicted molar refractivity (Wildman–Crippen MR) is 93.0 cm³/mol. The van der Waals surface area contributed by atoms with Crippen LogP contribution in [0.15, 0.2) is 18.2 Å². The van der Waals surface area contributed by atoms with Gasteiger partial charge in [0.1, 0.15) is 0 Å². The van der Waals surface area contributed by atoms with Crippen LogP contribution in [0.2, 0.25) is 0 Å². The highest BCUT2D eigenvalue weighted by Crippen LogP contribution is 2.39. The standard InChI is InChI=1S/C20H33N/c1-6-11-21-20(12-16-7-8-16)18-10-9-17(14(2)3)13-19(18)15(4)5/h9-10,13-16,20-21H,6-8,11-12H2,1-5H3. The van der Waals surface area contributed by atoms with Crippen molar-refractivity contribution in [1.29, 1.82) is 0 Å². The summed E-state index contributed by atoms with van der Waals surface area (Å²) in [5.74, 6) is 2.18. The predicted octanol–water partition coefficient (Wildman–Crippen LogP) is 5.77. The largest absolute Gasteiger partial charge is 0.310 e. The second kappa shape index (κ2) is 7.45. The summed E-state index contributed by atoms with van der Waals surface area (Å²) in [4.78, 5) is 0. The maximum atomic E-state index is 3.80. The van der Waals surface area contributed by atoms with Crippen molar-refractivity contribution in [3.05, 3.63) is 34.9 Å². The second-order valence-electron chi connectivity index (χ2n) is 7.38. The van der Waals surface area contributed by atoms with Gasteiger partial charge in [0.05, 0.1) is 0 Å². The average Bonchev–Trinajstić information content (AvgIpc) is 3.26. The molecular formula is C20H33N. The fourth-order valence-electron chi connectivity index (χ4n) is 3.10. The van der Waals surface area contributed by atoms with E-state index in [0.717, 1.165) is 12.5 Å². The van der Waals surface area contributed by atoms with Gasteiger partial charge in [0, 0.05) is 6.04 Å². The normalized spacial score (nSPS) is 16.7. The quantitative estimate of drug-likeness (QED) is 0.639. The molecule has 1 N–H and O–H groups in total. The fourth-order valence-corrected chi connectivity index (χ4v) is 3.10. The zero-order valence-corrected chi connectivity index (χ0v) is 14.6. The molecular weight excluding hydrogens is 254 g/mol. The lowest BCUT2D eigenvalue weighted by Gasteiger charge is -2.25. The van der Waals surface area contributed by atoms with Crippen molar-refractivity contribution in [2.24, 2.45) is 5.92 Å². The van der Waals surface area contributed by atoms with Gasteiger partial charge in [-0.1, -0.05) is 65.7 Å². The van der Waals surface area contributed by atoms with Gasteiger partial charge in [-0.3, -0.25) is 0 Å². The van der Waals surface area contributed by atoms with Crippen LogP contribution in [0.1, 0.15) is 94.9 Å². The first-order chi connectivity index (χ1) is 10.0. The molecule has 0 radical (unpaired) electrons. The Hall–Kier alpha value is -0.820. The van der Waals surface area contributed by atoms with Gasteiger partial charge in [-0.25, -0.2) is 0 Å². The molecule has 0 amide bonds. The molecule has 0 aliphatic heterocycles. The molecule has 1 atom stereocenters. The third-order valence-corrected chi connectivity index (χ3v) is 4.68. The van der Waals surface area contributed by atoms with Gasteiger partial charge < -0.3 is 5.32 Å². The van der Waals surface area contributed by atoms with Crippen LogP contribution >= 0.6 is 0 Å². The van der Waals surface area contributed by atoms with E-state index in [0.29, 0.717) is 17.9 Å². The van der Waals surface area contributed by atoms with E-state index < -0.39 is 0 Å². The summed E-state index contributed by atoms with van der Waals surface area (Å²) >= 11 is 0. The molecule has 2 rings (SSSR count). The lowest BCUT2D eigenvalue weighted by molar-refractivity contribution is 0.469. The Balaban J connectivity index is 2.27. The minimum Gasteiger partial charge on any atom is -0.310 e. The smallest absolute Gasteiger partial charge is 0.0325 e. The maximum Gasteiger partial charge on any atom is 0.0325 e. The third kappa shape index (κ3) is 4.57. The first-order valence-corrected chi connectivity index (χ1v) is 8.90. The third-order valence-electron chi connectivity index (χ3n) is 4.68. The van der Waals surface area contributed by atoms with Gasteiger partial charge in [0.2, 0.25) is 0 Å². The molecule has 118 valence electrons. The van der Waals surface area contributed by atoms with Crippen LogP contribution in [0.25, 0.3) is 0 Å². The number of nitrogens with one attached hydrogen (secondary N) is 1. The molecule has 1 nitrogen and oxygen atoms in total. The topological polar surface area (TPSA) is 12.0 Å². The summed E-state index contributed by atoms with van der Waals surface area (Å²) in [5, 5.41) is 3.80. The second-order valence-corrected chi connectivity index (χ2v) is 7.38.